The van der Waals surface area contributed by atoms with Crippen molar-refractivity contribution >= 4 is 5.91 Å². The highest BCUT2D eigenvalue weighted by atomic mass is 19.1. The fourth-order valence-electron chi connectivity index (χ4n) is 1.63. The summed E-state index contributed by atoms with van der Waals surface area (Å²) < 4.78 is 12.8. The Morgan fingerprint density at radius 2 is 2.15 bits per heavy atom. The molecule has 0 fully saturated rings. The van der Waals surface area contributed by atoms with Gasteiger partial charge in [-0.05, 0) is 36.2 Å². The molecule has 5 nitrogen and oxygen atoms in total. The van der Waals surface area contributed by atoms with Crippen molar-refractivity contribution in [3.05, 3.63) is 41.8 Å². The third-order valence-corrected chi connectivity index (χ3v) is 2.89. The number of benzene rings is 1. The number of aliphatic hydroxyl groups excluding tert-OH is 1. The molecular weight excluding hydrogens is 261 g/mol. The standard InChI is InChI=1S/C14H16FN3O2/c1-9(8-19)7-16-14(20)13-6-12(17-18-13)10-2-4-11(15)5-3-10/h2-6,9,19H,7-8H2,1H3,(H,16,20)(H,17,18). The van der Waals surface area contributed by atoms with Crippen LogP contribution < -0.4 is 5.32 Å². The highest BCUT2D eigenvalue weighted by Crippen LogP contribution is 2.17. The largest absolute Gasteiger partial charge is 0.396 e. The van der Waals surface area contributed by atoms with Crippen LogP contribution in [0.5, 0.6) is 0 Å². The van der Waals surface area contributed by atoms with Gasteiger partial charge in [-0.1, -0.05) is 6.92 Å². The zero-order chi connectivity index (χ0) is 14.5. The van der Waals surface area contributed by atoms with Crippen molar-refractivity contribution in [3.8, 4) is 11.3 Å². The monoisotopic (exact) mass is 277 g/mol. The average Bonchev–Trinajstić information content (AvgIpc) is 2.95. The molecule has 1 aromatic carbocycles. The van der Waals surface area contributed by atoms with E-state index < -0.39 is 0 Å². The van der Waals surface area contributed by atoms with E-state index >= 15 is 0 Å². The van der Waals surface area contributed by atoms with Gasteiger partial charge in [0, 0.05) is 18.7 Å². The van der Waals surface area contributed by atoms with Crippen LogP contribution in [0.2, 0.25) is 0 Å². The van der Waals surface area contributed by atoms with Crippen molar-refractivity contribution in [1.82, 2.24) is 15.5 Å². The molecule has 106 valence electrons. The van der Waals surface area contributed by atoms with E-state index in [0.717, 1.165) is 5.56 Å². The fourth-order valence-corrected chi connectivity index (χ4v) is 1.63. The summed E-state index contributed by atoms with van der Waals surface area (Å²) in [6.07, 6.45) is 0. The lowest BCUT2D eigenvalue weighted by Crippen LogP contribution is -2.29. The van der Waals surface area contributed by atoms with Gasteiger partial charge in [0.25, 0.3) is 5.91 Å². The van der Waals surface area contributed by atoms with Crippen molar-refractivity contribution < 1.29 is 14.3 Å². The first-order valence-electron chi connectivity index (χ1n) is 6.30. The molecular formula is C14H16FN3O2. The second kappa shape index (κ2) is 6.29. The molecule has 0 saturated carbocycles. The Labute approximate surface area is 115 Å². The van der Waals surface area contributed by atoms with Gasteiger partial charge in [0.2, 0.25) is 0 Å². The Bertz CT molecular complexity index is 580. The van der Waals surface area contributed by atoms with E-state index in [1.807, 2.05) is 6.92 Å². The summed E-state index contributed by atoms with van der Waals surface area (Å²) in [5, 5.41) is 18.3. The molecule has 3 N–H and O–H groups in total. The normalized spacial score (nSPS) is 12.2. The van der Waals surface area contributed by atoms with Crippen LogP contribution in [-0.2, 0) is 0 Å². The summed E-state index contributed by atoms with van der Waals surface area (Å²) in [5.74, 6) is -0.607. The Morgan fingerprint density at radius 1 is 1.45 bits per heavy atom. The highest BCUT2D eigenvalue weighted by molar-refractivity contribution is 5.93. The number of rotatable bonds is 5. The van der Waals surface area contributed by atoms with E-state index in [-0.39, 0.29) is 24.2 Å². The van der Waals surface area contributed by atoms with E-state index in [1.165, 1.54) is 12.1 Å². The van der Waals surface area contributed by atoms with E-state index in [2.05, 4.69) is 15.5 Å². The maximum Gasteiger partial charge on any atom is 0.269 e. The molecule has 0 aliphatic carbocycles. The van der Waals surface area contributed by atoms with Gasteiger partial charge in [-0.15, -0.1) is 0 Å². The number of H-pyrrole nitrogens is 1. The van der Waals surface area contributed by atoms with Gasteiger partial charge >= 0.3 is 0 Å². The second-order valence-corrected chi connectivity index (χ2v) is 4.67. The smallest absolute Gasteiger partial charge is 0.269 e. The molecule has 0 radical (unpaired) electrons. The lowest BCUT2D eigenvalue weighted by Gasteiger charge is -2.08. The number of hydrogen-bond acceptors (Lipinski definition) is 3. The lowest BCUT2D eigenvalue weighted by molar-refractivity contribution is 0.0937. The van der Waals surface area contributed by atoms with Crippen LogP contribution >= 0.6 is 0 Å². The number of carbonyl (C=O) groups excluding carboxylic acids is 1. The van der Waals surface area contributed by atoms with Gasteiger partial charge in [0.15, 0.2) is 0 Å². The number of amides is 1. The third-order valence-electron chi connectivity index (χ3n) is 2.89. The zero-order valence-electron chi connectivity index (χ0n) is 11.1. The van der Waals surface area contributed by atoms with Crippen LogP contribution in [0, 0.1) is 11.7 Å². The molecule has 0 saturated heterocycles. The molecule has 0 spiro atoms. The van der Waals surface area contributed by atoms with Gasteiger partial charge in [-0.3, -0.25) is 9.89 Å². The minimum Gasteiger partial charge on any atom is -0.396 e. The van der Waals surface area contributed by atoms with Crippen LogP contribution in [-0.4, -0.2) is 34.4 Å². The van der Waals surface area contributed by atoms with Crippen LogP contribution in [0.3, 0.4) is 0 Å². The molecule has 6 heteroatoms. The van der Waals surface area contributed by atoms with Crippen molar-refractivity contribution in [2.24, 2.45) is 5.92 Å². The summed E-state index contributed by atoms with van der Waals surface area (Å²) in [5.41, 5.74) is 1.63. The van der Waals surface area contributed by atoms with E-state index in [4.69, 9.17) is 5.11 Å². The first-order chi connectivity index (χ1) is 9.60. The molecule has 1 unspecified atom stereocenters. The Kier molecular flexibility index (Phi) is 4.47. The van der Waals surface area contributed by atoms with Crippen molar-refractivity contribution in [1.29, 1.82) is 0 Å². The number of aromatic amines is 1. The highest BCUT2D eigenvalue weighted by Gasteiger charge is 2.11. The first kappa shape index (κ1) is 14.2. The SMILES string of the molecule is CC(CO)CNC(=O)c1cc(-c2ccc(F)cc2)n[nH]1. The first-order valence-corrected chi connectivity index (χ1v) is 6.30. The lowest BCUT2D eigenvalue weighted by atomic mass is 10.1. The molecule has 1 atom stereocenters. The number of nitrogens with one attached hydrogen (secondary N) is 2. The van der Waals surface area contributed by atoms with Gasteiger partial charge in [0.1, 0.15) is 11.5 Å². The quantitative estimate of drug-likeness (QED) is 0.776. The Morgan fingerprint density at radius 3 is 2.80 bits per heavy atom. The van der Waals surface area contributed by atoms with Gasteiger partial charge in [0.05, 0.1) is 5.69 Å². The van der Waals surface area contributed by atoms with E-state index in [9.17, 15) is 9.18 Å². The molecule has 0 bridgehead atoms. The fraction of sp³-hybridized carbons (Fsp3) is 0.286. The molecule has 1 aromatic heterocycles. The van der Waals surface area contributed by atoms with Gasteiger partial charge in [-0.25, -0.2) is 4.39 Å². The molecule has 0 aliphatic rings. The van der Waals surface area contributed by atoms with Crippen LogP contribution in [0.15, 0.2) is 30.3 Å². The maximum absolute atomic E-state index is 12.8. The van der Waals surface area contributed by atoms with Crippen molar-refractivity contribution in [2.45, 2.75) is 6.92 Å². The minimum absolute atomic E-state index is 0.00144. The Hall–Kier alpha value is -2.21. The Balaban J connectivity index is 2.05. The van der Waals surface area contributed by atoms with Crippen LogP contribution in [0.1, 0.15) is 17.4 Å². The van der Waals surface area contributed by atoms with E-state index in [1.54, 1.807) is 18.2 Å². The van der Waals surface area contributed by atoms with Crippen molar-refractivity contribution in [3.63, 3.8) is 0 Å². The predicted octanol–water partition coefficient (Wildman–Crippen LogP) is 1.57. The number of halogens is 1. The average molecular weight is 277 g/mol. The topological polar surface area (TPSA) is 78.0 Å². The van der Waals surface area contributed by atoms with E-state index in [0.29, 0.717) is 17.9 Å². The van der Waals surface area contributed by atoms with Gasteiger partial charge in [-0.2, -0.15) is 5.10 Å². The number of aromatic nitrogens is 2. The number of nitrogens with zero attached hydrogens (tertiary/aromatic N) is 1. The van der Waals surface area contributed by atoms with Crippen molar-refractivity contribution in [2.75, 3.05) is 13.2 Å². The van der Waals surface area contributed by atoms with Crippen LogP contribution in [0.4, 0.5) is 4.39 Å². The summed E-state index contributed by atoms with van der Waals surface area (Å²) in [4.78, 5) is 11.8. The third kappa shape index (κ3) is 3.42. The van der Waals surface area contributed by atoms with Crippen LogP contribution in [0.25, 0.3) is 11.3 Å². The molecule has 1 heterocycles. The summed E-state index contributed by atoms with van der Waals surface area (Å²) in [6, 6.07) is 7.48. The molecule has 0 aliphatic heterocycles. The summed E-state index contributed by atoms with van der Waals surface area (Å²) in [7, 11) is 0. The molecule has 1 amide bonds. The number of aliphatic hydroxyl groups is 1. The zero-order valence-corrected chi connectivity index (χ0v) is 11.1. The summed E-state index contributed by atoms with van der Waals surface area (Å²) >= 11 is 0. The second-order valence-electron chi connectivity index (χ2n) is 4.67. The number of carbonyl (C=O) groups is 1. The molecule has 2 rings (SSSR count). The minimum atomic E-state index is -0.319. The predicted molar refractivity (Wildman–Crippen MR) is 72.6 cm³/mol. The number of hydrogen-bond donors (Lipinski definition) is 3. The maximum atomic E-state index is 12.8. The molecule has 20 heavy (non-hydrogen) atoms. The van der Waals surface area contributed by atoms with Gasteiger partial charge < -0.3 is 10.4 Å². The molecule has 2 aromatic rings. The summed E-state index contributed by atoms with van der Waals surface area (Å²) in [6.45, 7) is 2.24.